The van der Waals surface area contributed by atoms with Gasteiger partial charge in [-0.15, -0.1) is 0 Å². The zero-order valence-electron chi connectivity index (χ0n) is 8.20. The topological polar surface area (TPSA) is 59.1 Å². The SMILES string of the molecule is CS(=O)CCNC(=O)c1cccnc1Br. The van der Waals surface area contributed by atoms with E-state index in [0.29, 0.717) is 22.5 Å². The molecule has 1 atom stereocenters. The van der Waals surface area contributed by atoms with Crippen LogP contribution in [0.25, 0.3) is 0 Å². The van der Waals surface area contributed by atoms with Gasteiger partial charge in [0.05, 0.1) is 5.56 Å². The number of hydrogen-bond donors (Lipinski definition) is 1. The summed E-state index contributed by atoms with van der Waals surface area (Å²) in [4.78, 5) is 15.5. The monoisotopic (exact) mass is 290 g/mol. The molecule has 0 aliphatic rings. The lowest BCUT2D eigenvalue weighted by molar-refractivity contribution is 0.0955. The molecule has 1 rings (SSSR count). The second-order valence-corrected chi connectivity index (χ2v) is 5.18. The Labute approximate surface area is 99.1 Å². The number of nitrogens with one attached hydrogen (secondary N) is 1. The number of pyridine rings is 1. The number of nitrogens with zero attached hydrogens (tertiary/aromatic N) is 1. The van der Waals surface area contributed by atoms with Crippen molar-refractivity contribution in [1.82, 2.24) is 10.3 Å². The molecule has 1 aromatic heterocycles. The fourth-order valence-electron chi connectivity index (χ4n) is 0.959. The summed E-state index contributed by atoms with van der Waals surface area (Å²) in [7, 11) is -0.886. The van der Waals surface area contributed by atoms with E-state index in [1.54, 1.807) is 24.6 Å². The molecular formula is C9H11BrN2O2S. The van der Waals surface area contributed by atoms with Crippen LogP contribution in [0.15, 0.2) is 22.9 Å². The van der Waals surface area contributed by atoms with Crippen molar-refractivity contribution in [2.75, 3.05) is 18.6 Å². The van der Waals surface area contributed by atoms with Crippen molar-refractivity contribution in [2.45, 2.75) is 0 Å². The largest absolute Gasteiger partial charge is 0.351 e. The second kappa shape index (κ2) is 5.97. The molecule has 0 saturated carbocycles. The molecule has 4 nitrogen and oxygen atoms in total. The first-order valence-corrected chi connectivity index (χ1v) is 6.82. The molecule has 82 valence electrons. The van der Waals surface area contributed by atoms with Gasteiger partial charge in [0.25, 0.3) is 5.91 Å². The molecular weight excluding hydrogens is 280 g/mol. The molecule has 0 bridgehead atoms. The predicted molar refractivity (Wildman–Crippen MR) is 63.2 cm³/mol. The van der Waals surface area contributed by atoms with Crippen molar-refractivity contribution in [3.63, 3.8) is 0 Å². The maximum atomic E-state index is 11.6. The van der Waals surface area contributed by atoms with Crippen molar-refractivity contribution in [3.05, 3.63) is 28.5 Å². The van der Waals surface area contributed by atoms with Crippen LogP contribution < -0.4 is 5.32 Å². The molecule has 1 amide bonds. The van der Waals surface area contributed by atoms with Crippen molar-refractivity contribution < 1.29 is 9.00 Å². The van der Waals surface area contributed by atoms with Gasteiger partial charge in [-0.2, -0.15) is 0 Å². The molecule has 0 spiro atoms. The Kier molecular flexibility index (Phi) is 4.90. The van der Waals surface area contributed by atoms with Gasteiger partial charge in [-0.25, -0.2) is 4.98 Å². The Morgan fingerprint density at radius 3 is 3.00 bits per heavy atom. The number of carbonyl (C=O) groups excluding carboxylic acids is 1. The molecule has 1 heterocycles. The van der Waals surface area contributed by atoms with Gasteiger partial charge in [-0.1, -0.05) is 0 Å². The Bertz CT molecular complexity index is 384. The van der Waals surface area contributed by atoms with Crippen LogP contribution >= 0.6 is 15.9 Å². The van der Waals surface area contributed by atoms with Crippen LogP contribution in [0.5, 0.6) is 0 Å². The van der Waals surface area contributed by atoms with Gasteiger partial charge in [0, 0.05) is 35.5 Å². The van der Waals surface area contributed by atoms with E-state index in [4.69, 9.17) is 0 Å². The summed E-state index contributed by atoms with van der Waals surface area (Å²) in [6, 6.07) is 3.37. The number of aromatic nitrogens is 1. The minimum Gasteiger partial charge on any atom is -0.351 e. The highest BCUT2D eigenvalue weighted by Gasteiger charge is 2.09. The van der Waals surface area contributed by atoms with E-state index in [-0.39, 0.29) is 5.91 Å². The molecule has 6 heteroatoms. The fourth-order valence-corrected chi connectivity index (χ4v) is 1.78. The van der Waals surface area contributed by atoms with E-state index >= 15 is 0 Å². The predicted octanol–water partition coefficient (Wildman–Crippen LogP) is 0.952. The van der Waals surface area contributed by atoms with Gasteiger partial charge in [-0.3, -0.25) is 9.00 Å². The summed E-state index contributed by atoms with van der Waals surface area (Å²) >= 11 is 3.19. The minimum atomic E-state index is -0.886. The van der Waals surface area contributed by atoms with Gasteiger partial charge in [-0.05, 0) is 28.1 Å². The third kappa shape index (κ3) is 4.09. The van der Waals surface area contributed by atoms with Crippen LogP contribution in [0.1, 0.15) is 10.4 Å². The Hall–Kier alpha value is -0.750. The fraction of sp³-hybridized carbons (Fsp3) is 0.333. The van der Waals surface area contributed by atoms with Gasteiger partial charge >= 0.3 is 0 Å². The standard InChI is InChI=1S/C9H11BrN2O2S/c1-15(14)6-5-12-9(13)7-3-2-4-11-8(7)10/h2-4H,5-6H2,1H3,(H,12,13). The third-order valence-electron chi connectivity index (χ3n) is 1.68. The molecule has 0 aliphatic heterocycles. The lowest BCUT2D eigenvalue weighted by Crippen LogP contribution is -2.27. The number of rotatable bonds is 4. The summed E-state index contributed by atoms with van der Waals surface area (Å²) in [6.07, 6.45) is 3.20. The van der Waals surface area contributed by atoms with Crippen LogP contribution in [0.2, 0.25) is 0 Å². The Morgan fingerprint density at radius 1 is 1.67 bits per heavy atom. The summed E-state index contributed by atoms with van der Waals surface area (Å²) in [6.45, 7) is 0.406. The first kappa shape index (κ1) is 12.3. The van der Waals surface area contributed by atoms with E-state index < -0.39 is 10.8 Å². The maximum absolute atomic E-state index is 11.6. The zero-order chi connectivity index (χ0) is 11.3. The zero-order valence-corrected chi connectivity index (χ0v) is 10.6. The molecule has 0 fully saturated rings. The molecule has 0 aliphatic carbocycles. The van der Waals surface area contributed by atoms with E-state index in [2.05, 4.69) is 26.2 Å². The number of carbonyl (C=O) groups is 1. The highest BCUT2D eigenvalue weighted by molar-refractivity contribution is 9.10. The first-order valence-electron chi connectivity index (χ1n) is 4.30. The minimum absolute atomic E-state index is 0.208. The Balaban J connectivity index is 2.54. The molecule has 15 heavy (non-hydrogen) atoms. The smallest absolute Gasteiger partial charge is 0.254 e. The van der Waals surface area contributed by atoms with Crippen LogP contribution in [0.3, 0.4) is 0 Å². The van der Waals surface area contributed by atoms with Gasteiger partial charge in [0.15, 0.2) is 0 Å². The molecule has 0 aromatic carbocycles. The number of halogens is 1. The van der Waals surface area contributed by atoms with Crippen molar-refractivity contribution in [3.8, 4) is 0 Å². The van der Waals surface area contributed by atoms with E-state index in [1.165, 1.54) is 0 Å². The van der Waals surface area contributed by atoms with Crippen molar-refractivity contribution in [2.24, 2.45) is 0 Å². The molecule has 1 N–H and O–H groups in total. The van der Waals surface area contributed by atoms with Crippen LogP contribution in [-0.2, 0) is 10.8 Å². The second-order valence-electron chi connectivity index (χ2n) is 2.87. The summed E-state index contributed by atoms with van der Waals surface area (Å²) in [5.74, 6) is 0.254. The normalized spacial score (nSPS) is 12.1. The lowest BCUT2D eigenvalue weighted by Gasteiger charge is -2.04. The van der Waals surface area contributed by atoms with Gasteiger partial charge in [0.1, 0.15) is 4.60 Å². The number of amides is 1. The van der Waals surface area contributed by atoms with E-state index in [9.17, 15) is 9.00 Å². The maximum Gasteiger partial charge on any atom is 0.254 e. The third-order valence-corrected chi connectivity index (χ3v) is 3.09. The molecule has 1 aromatic rings. The summed E-state index contributed by atoms with van der Waals surface area (Å²) < 4.78 is 11.3. The van der Waals surface area contributed by atoms with E-state index in [0.717, 1.165) is 0 Å². The van der Waals surface area contributed by atoms with Crippen molar-refractivity contribution in [1.29, 1.82) is 0 Å². The van der Waals surface area contributed by atoms with Crippen LogP contribution in [0.4, 0.5) is 0 Å². The summed E-state index contributed by atoms with van der Waals surface area (Å²) in [5.41, 5.74) is 0.486. The first-order chi connectivity index (χ1) is 7.11. The average Bonchev–Trinajstić information content (AvgIpc) is 2.17. The highest BCUT2D eigenvalue weighted by atomic mass is 79.9. The molecule has 1 unspecified atom stereocenters. The summed E-state index contributed by atoms with van der Waals surface area (Å²) in [5, 5.41) is 2.67. The Morgan fingerprint density at radius 2 is 2.40 bits per heavy atom. The quantitative estimate of drug-likeness (QED) is 0.840. The average molecular weight is 291 g/mol. The molecule has 0 saturated heterocycles. The van der Waals surface area contributed by atoms with Crippen LogP contribution in [-0.4, -0.2) is 33.7 Å². The molecule has 0 radical (unpaired) electrons. The van der Waals surface area contributed by atoms with Crippen LogP contribution in [0, 0.1) is 0 Å². The number of hydrogen-bond acceptors (Lipinski definition) is 3. The highest BCUT2D eigenvalue weighted by Crippen LogP contribution is 2.11. The van der Waals surface area contributed by atoms with Crippen molar-refractivity contribution >= 4 is 32.6 Å². The van der Waals surface area contributed by atoms with E-state index in [1.807, 2.05) is 0 Å². The van der Waals surface area contributed by atoms with Gasteiger partial charge < -0.3 is 5.32 Å². The lowest BCUT2D eigenvalue weighted by atomic mass is 10.3. The van der Waals surface area contributed by atoms with Gasteiger partial charge in [0.2, 0.25) is 0 Å².